The maximum absolute atomic E-state index is 3.77. The smallest absolute Gasteiger partial charge is 0.0192 e. The van der Waals surface area contributed by atoms with Crippen LogP contribution in [0.2, 0.25) is 0 Å². The van der Waals surface area contributed by atoms with Crippen molar-refractivity contribution in [3.05, 3.63) is 0 Å². The molecule has 0 radical (unpaired) electrons. The van der Waals surface area contributed by atoms with Crippen LogP contribution in [-0.2, 0) is 0 Å². The van der Waals surface area contributed by atoms with Crippen LogP contribution in [0, 0.1) is 17.8 Å². The van der Waals surface area contributed by atoms with Crippen LogP contribution < -0.4 is 5.32 Å². The highest BCUT2D eigenvalue weighted by molar-refractivity contribution is 4.89. The number of likely N-dealkylation sites (N-methyl/N-ethyl adjacent to an activating group) is 1. The lowest BCUT2D eigenvalue weighted by atomic mass is 9.73. The summed E-state index contributed by atoms with van der Waals surface area (Å²) in [5.74, 6) is 2.64. The molecule has 1 aliphatic heterocycles. The van der Waals surface area contributed by atoms with E-state index in [0.29, 0.717) is 6.04 Å². The van der Waals surface area contributed by atoms with Crippen LogP contribution in [0.15, 0.2) is 0 Å². The fraction of sp³-hybridized carbons (Fsp3) is 1.00. The third-order valence-corrected chi connectivity index (χ3v) is 5.97. The maximum Gasteiger partial charge on any atom is 0.0192 e. The van der Waals surface area contributed by atoms with Crippen molar-refractivity contribution in [1.82, 2.24) is 15.1 Å². The third kappa shape index (κ3) is 4.67. The topological polar surface area (TPSA) is 18.5 Å². The van der Waals surface area contributed by atoms with Gasteiger partial charge in [-0.15, -0.1) is 0 Å². The molecule has 124 valence electrons. The molecule has 0 aromatic rings. The zero-order valence-corrected chi connectivity index (χ0v) is 14.9. The van der Waals surface area contributed by atoms with Crippen molar-refractivity contribution < 1.29 is 0 Å². The zero-order chi connectivity index (χ0) is 15.4. The van der Waals surface area contributed by atoms with Gasteiger partial charge in [0, 0.05) is 38.3 Å². The number of nitrogens with zero attached hydrogens (tertiary/aromatic N) is 2. The Hall–Kier alpha value is -0.120. The van der Waals surface area contributed by atoms with E-state index in [1.165, 1.54) is 45.4 Å². The highest BCUT2D eigenvalue weighted by Crippen LogP contribution is 2.34. The summed E-state index contributed by atoms with van der Waals surface area (Å²) in [5, 5.41) is 3.77. The Kier molecular flexibility index (Phi) is 6.51. The van der Waals surface area contributed by atoms with Crippen LogP contribution in [0.4, 0.5) is 0 Å². The second-order valence-corrected chi connectivity index (χ2v) is 7.83. The minimum atomic E-state index is 0.709. The first-order valence-electron chi connectivity index (χ1n) is 9.17. The van der Waals surface area contributed by atoms with E-state index in [2.05, 4.69) is 49.9 Å². The summed E-state index contributed by atoms with van der Waals surface area (Å²) in [6.07, 6.45) is 4.23. The predicted octanol–water partition coefficient (Wildman–Crippen LogP) is 2.67. The maximum atomic E-state index is 3.77. The average Bonchev–Trinajstić information content (AvgIpc) is 2.45. The molecule has 1 aliphatic carbocycles. The van der Waals surface area contributed by atoms with E-state index in [1.807, 2.05) is 0 Å². The largest absolute Gasteiger partial charge is 0.314 e. The zero-order valence-electron chi connectivity index (χ0n) is 14.9. The Morgan fingerprint density at radius 3 is 2.57 bits per heavy atom. The fourth-order valence-corrected chi connectivity index (χ4v) is 4.26. The second kappa shape index (κ2) is 7.94. The van der Waals surface area contributed by atoms with Crippen LogP contribution in [0.5, 0.6) is 0 Å². The van der Waals surface area contributed by atoms with Gasteiger partial charge in [0.25, 0.3) is 0 Å². The normalized spacial score (nSPS) is 36.3. The van der Waals surface area contributed by atoms with E-state index in [0.717, 1.165) is 30.3 Å². The molecular weight excluding hydrogens is 258 g/mol. The van der Waals surface area contributed by atoms with Crippen molar-refractivity contribution in [2.75, 3.05) is 39.8 Å². The molecular formula is C18H37N3. The molecule has 4 unspecified atom stereocenters. The molecule has 0 spiro atoms. The second-order valence-electron chi connectivity index (χ2n) is 7.83. The minimum absolute atomic E-state index is 0.709. The average molecular weight is 296 g/mol. The molecule has 1 N–H and O–H groups in total. The van der Waals surface area contributed by atoms with Crippen LogP contribution in [0.1, 0.15) is 47.0 Å². The lowest BCUT2D eigenvalue weighted by Crippen LogP contribution is -2.53. The molecule has 3 nitrogen and oxygen atoms in total. The number of hydrogen-bond acceptors (Lipinski definition) is 3. The molecule has 0 bridgehead atoms. The number of piperazine rings is 1. The molecule has 1 heterocycles. The van der Waals surface area contributed by atoms with Gasteiger partial charge in [-0.25, -0.2) is 0 Å². The van der Waals surface area contributed by atoms with E-state index in [-0.39, 0.29) is 0 Å². The fourth-order valence-electron chi connectivity index (χ4n) is 4.26. The lowest BCUT2D eigenvalue weighted by Gasteiger charge is -2.44. The molecule has 1 saturated heterocycles. The Morgan fingerprint density at radius 2 is 1.95 bits per heavy atom. The quantitative estimate of drug-likeness (QED) is 0.841. The highest BCUT2D eigenvalue weighted by Gasteiger charge is 2.33. The van der Waals surface area contributed by atoms with Gasteiger partial charge in [-0.2, -0.15) is 0 Å². The Bertz CT molecular complexity index is 305. The molecule has 3 heteroatoms. The first kappa shape index (κ1) is 17.2. The van der Waals surface area contributed by atoms with Crippen molar-refractivity contribution in [1.29, 1.82) is 0 Å². The van der Waals surface area contributed by atoms with Gasteiger partial charge in [0.1, 0.15) is 0 Å². The van der Waals surface area contributed by atoms with Crippen LogP contribution >= 0.6 is 0 Å². The molecule has 0 aromatic carbocycles. The van der Waals surface area contributed by atoms with Gasteiger partial charge < -0.3 is 15.1 Å². The molecule has 1 saturated carbocycles. The van der Waals surface area contributed by atoms with Crippen molar-refractivity contribution in [3.8, 4) is 0 Å². The molecule has 21 heavy (non-hydrogen) atoms. The van der Waals surface area contributed by atoms with Crippen molar-refractivity contribution >= 4 is 0 Å². The van der Waals surface area contributed by atoms with E-state index in [9.17, 15) is 0 Å². The molecule has 4 atom stereocenters. The Labute approximate surface area is 132 Å². The van der Waals surface area contributed by atoms with Gasteiger partial charge in [0.05, 0.1) is 0 Å². The van der Waals surface area contributed by atoms with E-state index in [4.69, 9.17) is 0 Å². The summed E-state index contributed by atoms with van der Waals surface area (Å²) in [6.45, 7) is 15.6. The summed E-state index contributed by atoms with van der Waals surface area (Å²) < 4.78 is 0. The van der Waals surface area contributed by atoms with E-state index >= 15 is 0 Å². The number of nitrogens with one attached hydrogen (secondary N) is 1. The summed E-state index contributed by atoms with van der Waals surface area (Å²) in [6, 6.07) is 1.46. The number of hydrogen-bond donors (Lipinski definition) is 1. The summed E-state index contributed by atoms with van der Waals surface area (Å²) in [7, 11) is 2.26. The van der Waals surface area contributed by atoms with Gasteiger partial charge >= 0.3 is 0 Å². The van der Waals surface area contributed by atoms with Crippen LogP contribution in [0.25, 0.3) is 0 Å². The standard InChI is InChI=1S/C18H37N3/c1-6-19-18-8-7-16(14(2)3)11-17(18)13-21-10-9-20(5)15(4)12-21/h14-19H,6-13H2,1-5H3. The van der Waals surface area contributed by atoms with Crippen LogP contribution in [0.3, 0.4) is 0 Å². The molecule has 0 amide bonds. The SMILES string of the molecule is CCNC1CCC(C(C)C)CC1CN1CCN(C)C(C)C1. The van der Waals surface area contributed by atoms with Crippen molar-refractivity contribution in [2.45, 2.75) is 59.0 Å². The van der Waals surface area contributed by atoms with Gasteiger partial charge in [-0.3, -0.25) is 0 Å². The summed E-state index contributed by atoms with van der Waals surface area (Å²) in [4.78, 5) is 5.22. The molecule has 2 aliphatic rings. The van der Waals surface area contributed by atoms with E-state index < -0.39 is 0 Å². The first-order chi connectivity index (χ1) is 10.0. The summed E-state index contributed by atoms with van der Waals surface area (Å²) in [5.41, 5.74) is 0. The van der Waals surface area contributed by atoms with Crippen molar-refractivity contribution in [3.63, 3.8) is 0 Å². The summed E-state index contributed by atoms with van der Waals surface area (Å²) >= 11 is 0. The molecule has 2 rings (SSSR count). The predicted molar refractivity (Wildman–Crippen MR) is 91.7 cm³/mol. The monoisotopic (exact) mass is 295 g/mol. The number of rotatable bonds is 5. The third-order valence-electron chi connectivity index (χ3n) is 5.97. The van der Waals surface area contributed by atoms with Gasteiger partial charge in [-0.05, 0) is 57.5 Å². The molecule has 2 fully saturated rings. The van der Waals surface area contributed by atoms with Crippen LogP contribution in [-0.4, -0.2) is 61.7 Å². The van der Waals surface area contributed by atoms with E-state index in [1.54, 1.807) is 0 Å². The highest BCUT2D eigenvalue weighted by atomic mass is 15.3. The minimum Gasteiger partial charge on any atom is -0.314 e. The molecule has 0 aromatic heterocycles. The lowest BCUT2D eigenvalue weighted by molar-refractivity contribution is 0.0655. The van der Waals surface area contributed by atoms with Gasteiger partial charge in [-0.1, -0.05) is 20.8 Å². The Morgan fingerprint density at radius 1 is 1.19 bits per heavy atom. The van der Waals surface area contributed by atoms with Gasteiger partial charge in [0.15, 0.2) is 0 Å². The Balaban J connectivity index is 1.92. The van der Waals surface area contributed by atoms with Crippen molar-refractivity contribution in [2.24, 2.45) is 17.8 Å². The van der Waals surface area contributed by atoms with Gasteiger partial charge in [0.2, 0.25) is 0 Å². The first-order valence-corrected chi connectivity index (χ1v) is 9.17.